The number of methoxy groups -OCH3 is 2. The van der Waals surface area contributed by atoms with Gasteiger partial charge in [0.25, 0.3) is 0 Å². The first-order valence-electron chi connectivity index (χ1n) is 6.45. The maximum absolute atomic E-state index is 12.0. The molecule has 0 radical (unpaired) electrons. The normalized spacial score (nSPS) is 18.1. The van der Waals surface area contributed by atoms with Crippen molar-refractivity contribution in [2.75, 3.05) is 32.6 Å². The van der Waals surface area contributed by atoms with E-state index in [0.717, 1.165) is 19.5 Å². The molecule has 5 nitrogen and oxygen atoms in total. The van der Waals surface area contributed by atoms with Gasteiger partial charge in [0.15, 0.2) is 0 Å². The number of carbonyl (C=O) groups is 1. The van der Waals surface area contributed by atoms with Crippen LogP contribution in [0.3, 0.4) is 0 Å². The second kappa shape index (κ2) is 6.43. The minimum Gasteiger partial charge on any atom is -0.497 e. The van der Waals surface area contributed by atoms with Crippen molar-refractivity contribution in [3.8, 4) is 11.5 Å². The van der Waals surface area contributed by atoms with Gasteiger partial charge in [0.1, 0.15) is 11.5 Å². The predicted octanol–water partition coefficient (Wildman–Crippen LogP) is 1.64. The molecule has 1 atom stereocenters. The van der Waals surface area contributed by atoms with Crippen molar-refractivity contribution < 1.29 is 14.3 Å². The van der Waals surface area contributed by atoms with E-state index in [1.165, 1.54) is 0 Å². The minimum absolute atomic E-state index is 0.0252. The molecule has 19 heavy (non-hydrogen) atoms. The summed E-state index contributed by atoms with van der Waals surface area (Å²) >= 11 is 0. The molecule has 2 rings (SSSR count). The third-order valence-electron chi connectivity index (χ3n) is 3.32. The lowest BCUT2D eigenvalue weighted by Gasteiger charge is -2.13. The van der Waals surface area contributed by atoms with E-state index in [9.17, 15) is 4.79 Å². The molecule has 1 aliphatic heterocycles. The van der Waals surface area contributed by atoms with Gasteiger partial charge < -0.3 is 20.1 Å². The van der Waals surface area contributed by atoms with Crippen molar-refractivity contribution in [2.45, 2.75) is 12.8 Å². The van der Waals surface area contributed by atoms with E-state index < -0.39 is 0 Å². The van der Waals surface area contributed by atoms with Gasteiger partial charge >= 0.3 is 0 Å². The van der Waals surface area contributed by atoms with Crippen LogP contribution in [0.1, 0.15) is 12.8 Å². The Balaban J connectivity index is 1.99. The number of nitrogens with one attached hydrogen (secondary N) is 2. The highest BCUT2D eigenvalue weighted by Crippen LogP contribution is 2.29. The number of hydrogen-bond donors (Lipinski definition) is 2. The zero-order valence-corrected chi connectivity index (χ0v) is 11.4. The van der Waals surface area contributed by atoms with E-state index in [1.807, 2.05) is 0 Å². The highest BCUT2D eigenvalue weighted by atomic mass is 16.5. The molecule has 0 aromatic heterocycles. The number of rotatable bonds is 5. The SMILES string of the molecule is COc1ccc(NC(=O)CC2CCNC2)c(OC)c1. The van der Waals surface area contributed by atoms with Crippen LogP contribution in [-0.4, -0.2) is 33.2 Å². The van der Waals surface area contributed by atoms with E-state index in [1.54, 1.807) is 32.4 Å². The Bertz CT molecular complexity index is 442. The van der Waals surface area contributed by atoms with E-state index in [4.69, 9.17) is 9.47 Å². The first-order chi connectivity index (χ1) is 9.22. The van der Waals surface area contributed by atoms with Crippen molar-refractivity contribution in [3.63, 3.8) is 0 Å². The van der Waals surface area contributed by atoms with Gasteiger partial charge in [0.2, 0.25) is 5.91 Å². The Morgan fingerprint density at radius 1 is 1.42 bits per heavy atom. The molecule has 0 spiro atoms. The zero-order chi connectivity index (χ0) is 13.7. The molecule has 1 aliphatic rings. The van der Waals surface area contributed by atoms with Crippen LogP contribution in [0.2, 0.25) is 0 Å². The molecule has 0 saturated carbocycles. The Hall–Kier alpha value is -1.75. The number of anilines is 1. The molecule has 0 bridgehead atoms. The molecule has 1 aromatic carbocycles. The van der Waals surface area contributed by atoms with Crippen molar-refractivity contribution >= 4 is 11.6 Å². The predicted molar refractivity (Wildman–Crippen MR) is 73.8 cm³/mol. The Morgan fingerprint density at radius 2 is 2.26 bits per heavy atom. The molecular formula is C14H20N2O3. The van der Waals surface area contributed by atoms with Crippen molar-refractivity contribution in [1.82, 2.24) is 5.32 Å². The summed E-state index contributed by atoms with van der Waals surface area (Å²) in [5.41, 5.74) is 0.680. The fourth-order valence-corrected chi connectivity index (χ4v) is 2.25. The maximum Gasteiger partial charge on any atom is 0.224 e. The summed E-state index contributed by atoms with van der Waals surface area (Å²) in [5.74, 6) is 1.77. The van der Waals surface area contributed by atoms with Crippen molar-refractivity contribution in [1.29, 1.82) is 0 Å². The van der Waals surface area contributed by atoms with Crippen LogP contribution in [0.15, 0.2) is 18.2 Å². The standard InChI is InChI=1S/C14H20N2O3/c1-18-11-3-4-12(13(8-11)19-2)16-14(17)7-10-5-6-15-9-10/h3-4,8,10,15H,5-7,9H2,1-2H3,(H,16,17). The van der Waals surface area contributed by atoms with Crippen LogP contribution < -0.4 is 20.1 Å². The van der Waals surface area contributed by atoms with Gasteiger partial charge in [0, 0.05) is 12.5 Å². The van der Waals surface area contributed by atoms with Crippen molar-refractivity contribution in [3.05, 3.63) is 18.2 Å². The Morgan fingerprint density at radius 3 is 2.89 bits per heavy atom. The van der Waals surface area contributed by atoms with E-state index in [-0.39, 0.29) is 5.91 Å². The molecular weight excluding hydrogens is 244 g/mol. The molecule has 1 unspecified atom stereocenters. The molecule has 1 saturated heterocycles. The average Bonchev–Trinajstić information content (AvgIpc) is 2.91. The Kier molecular flexibility index (Phi) is 4.63. The summed E-state index contributed by atoms with van der Waals surface area (Å²) in [5, 5.41) is 6.15. The van der Waals surface area contributed by atoms with E-state index in [2.05, 4.69) is 10.6 Å². The molecule has 1 amide bonds. The Labute approximate surface area is 113 Å². The van der Waals surface area contributed by atoms with Crippen molar-refractivity contribution in [2.24, 2.45) is 5.92 Å². The van der Waals surface area contributed by atoms with E-state index in [0.29, 0.717) is 29.5 Å². The fraction of sp³-hybridized carbons (Fsp3) is 0.500. The molecule has 2 N–H and O–H groups in total. The molecule has 5 heteroatoms. The number of benzene rings is 1. The lowest BCUT2D eigenvalue weighted by molar-refractivity contribution is -0.117. The lowest BCUT2D eigenvalue weighted by atomic mass is 10.0. The minimum atomic E-state index is 0.0252. The molecule has 0 aliphatic carbocycles. The second-order valence-electron chi connectivity index (χ2n) is 4.68. The molecule has 1 fully saturated rings. The highest BCUT2D eigenvalue weighted by molar-refractivity contribution is 5.92. The number of amides is 1. The number of carbonyl (C=O) groups excluding carboxylic acids is 1. The zero-order valence-electron chi connectivity index (χ0n) is 11.4. The van der Waals surface area contributed by atoms with Gasteiger partial charge in [-0.05, 0) is 37.6 Å². The van der Waals surface area contributed by atoms with Gasteiger partial charge in [0.05, 0.1) is 19.9 Å². The summed E-state index contributed by atoms with van der Waals surface area (Å²) < 4.78 is 10.4. The average molecular weight is 264 g/mol. The lowest BCUT2D eigenvalue weighted by Crippen LogP contribution is -2.18. The molecule has 1 heterocycles. The highest BCUT2D eigenvalue weighted by Gasteiger charge is 2.18. The van der Waals surface area contributed by atoms with Gasteiger partial charge in [-0.25, -0.2) is 0 Å². The van der Waals surface area contributed by atoms with Crippen LogP contribution >= 0.6 is 0 Å². The first-order valence-corrected chi connectivity index (χ1v) is 6.45. The third kappa shape index (κ3) is 3.61. The van der Waals surface area contributed by atoms with Gasteiger partial charge in [-0.15, -0.1) is 0 Å². The van der Waals surface area contributed by atoms with Gasteiger partial charge in [-0.1, -0.05) is 0 Å². The number of ether oxygens (including phenoxy) is 2. The van der Waals surface area contributed by atoms with Crippen LogP contribution in [0.25, 0.3) is 0 Å². The maximum atomic E-state index is 12.0. The van der Waals surface area contributed by atoms with Crippen LogP contribution in [-0.2, 0) is 4.79 Å². The second-order valence-corrected chi connectivity index (χ2v) is 4.68. The summed E-state index contributed by atoms with van der Waals surface area (Å²) in [6, 6.07) is 5.35. The quantitative estimate of drug-likeness (QED) is 0.849. The summed E-state index contributed by atoms with van der Waals surface area (Å²) in [6.45, 7) is 1.93. The monoisotopic (exact) mass is 264 g/mol. The largest absolute Gasteiger partial charge is 0.497 e. The molecule has 1 aromatic rings. The number of hydrogen-bond acceptors (Lipinski definition) is 4. The first kappa shape index (κ1) is 13.7. The summed E-state index contributed by atoms with van der Waals surface area (Å²) in [7, 11) is 3.17. The van der Waals surface area contributed by atoms with Crippen LogP contribution in [0.5, 0.6) is 11.5 Å². The topological polar surface area (TPSA) is 59.6 Å². The smallest absolute Gasteiger partial charge is 0.224 e. The molecule has 104 valence electrons. The third-order valence-corrected chi connectivity index (χ3v) is 3.32. The van der Waals surface area contributed by atoms with Gasteiger partial charge in [-0.3, -0.25) is 4.79 Å². The van der Waals surface area contributed by atoms with Gasteiger partial charge in [-0.2, -0.15) is 0 Å². The van der Waals surface area contributed by atoms with E-state index >= 15 is 0 Å². The summed E-state index contributed by atoms with van der Waals surface area (Å²) in [6.07, 6.45) is 1.61. The van der Waals surface area contributed by atoms with Crippen LogP contribution in [0.4, 0.5) is 5.69 Å². The fourth-order valence-electron chi connectivity index (χ4n) is 2.25. The summed E-state index contributed by atoms with van der Waals surface area (Å²) in [4.78, 5) is 12.0. The van der Waals surface area contributed by atoms with Crippen LogP contribution in [0, 0.1) is 5.92 Å².